The van der Waals surface area contributed by atoms with Crippen molar-refractivity contribution in [1.82, 2.24) is 14.3 Å². The third-order valence-corrected chi connectivity index (χ3v) is 6.48. The maximum atomic E-state index is 13.1. The number of hydrogen-bond donors (Lipinski definition) is 0. The van der Waals surface area contributed by atoms with Crippen LogP contribution in [0.5, 0.6) is 0 Å². The number of rotatable bonds is 8. The summed E-state index contributed by atoms with van der Waals surface area (Å²) < 4.78 is 23.1. The molecular formula is C23H27FN4O2S. The van der Waals surface area contributed by atoms with Gasteiger partial charge in [-0.15, -0.1) is 0 Å². The van der Waals surface area contributed by atoms with Gasteiger partial charge in [-0.2, -0.15) is 4.37 Å². The van der Waals surface area contributed by atoms with Crippen LogP contribution >= 0.6 is 11.5 Å². The molecule has 0 saturated carbocycles. The highest BCUT2D eigenvalue weighted by molar-refractivity contribution is 7.09. The Morgan fingerprint density at radius 2 is 2.03 bits per heavy atom. The Bertz CT molecular complexity index is 966. The number of halogens is 1. The van der Waals surface area contributed by atoms with E-state index in [0.29, 0.717) is 37.7 Å². The summed E-state index contributed by atoms with van der Waals surface area (Å²) in [5.41, 5.74) is 0.956. The maximum Gasteiger partial charge on any atom is 0.224 e. The molecule has 0 unspecified atom stereocenters. The van der Waals surface area contributed by atoms with E-state index in [1.165, 1.54) is 23.7 Å². The lowest BCUT2D eigenvalue weighted by molar-refractivity contribution is -0.132. The molecule has 2 aromatic heterocycles. The summed E-state index contributed by atoms with van der Waals surface area (Å²) in [4.78, 5) is 21.4. The number of piperidine rings is 1. The van der Waals surface area contributed by atoms with Gasteiger partial charge in [-0.1, -0.05) is 19.1 Å². The second-order valence-electron chi connectivity index (χ2n) is 8.11. The zero-order valence-corrected chi connectivity index (χ0v) is 18.5. The Labute approximate surface area is 185 Å². The van der Waals surface area contributed by atoms with Crippen LogP contribution in [0.4, 0.5) is 9.52 Å². The minimum absolute atomic E-state index is 0.187. The van der Waals surface area contributed by atoms with Crippen molar-refractivity contribution in [3.63, 3.8) is 0 Å². The standard InChI is InChI=1S/C23H27FN4O2S/c1-17-8-11-27(12-9-17)22(29)10-13-28(16-20-3-2-14-30-20)23-25-21(26-31-23)15-18-4-6-19(24)7-5-18/h2-7,14,17H,8-13,15-16H2,1H3. The first-order chi connectivity index (χ1) is 15.1. The molecule has 1 amide bonds. The third-order valence-electron chi connectivity index (χ3n) is 5.66. The molecule has 3 aromatic rings. The van der Waals surface area contributed by atoms with E-state index < -0.39 is 0 Å². The minimum atomic E-state index is -0.256. The number of furan rings is 1. The Kier molecular flexibility index (Phi) is 6.96. The quantitative estimate of drug-likeness (QED) is 0.513. The molecule has 0 atom stereocenters. The van der Waals surface area contributed by atoms with Crippen LogP contribution in [0.1, 0.15) is 43.3 Å². The number of hydrogen-bond acceptors (Lipinski definition) is 6. The molecule has 1 aliphatic rings. The van der Waals surface area contributed by atoms with Crippen LogP contribution in [-0.4, -0.2) is 39.8 Å². The van der Waals surface area contributed by atoms with E-state index in [1.54, 1.807) is 18.4 Å². The largest absolute Gasteiger partial charge is 0.467 e. The van der Waals surface area contributed by atoms with Gasteiger partial charge >= 0.3 is 0 Å². The Hall–Kier alpha value is -2.74. The van der Waals surface area contributed by atoms with Gasteiger partial charge in [0.1, 0.15) is 17.4 Å². The van der Waals surface area contributed by atoms with Gasteiger partial charge in [0.25, 0.3) is 0 Å². The second-order valence-corrected chi connectivity index (χ2v) is 8.84. The topological polar surface area (TPSA) is 62.5 Å². The van der Waals surface area contributed by atoms with Gasteiger partial charge in [0, 0.05) is 44.0 Å². The van der Waals surface area contributed by atoms with Gasteiger partial charge in [0.15, 0.2) is 0 Å². The Morgan fingerprint density at radius 1 is 1.26 bits per heavy atom. The summed E-state index contributed by atoms with van der Waals surface area (Å²) in [6, 6.07) is 10.1. The zero-order chi connectivity index (χ0) is 21.6. The number of carbonyl (C=O) groups is 1. The molecule has 6 nitrogen and oxygen atoms in total. The van der Waals surface area contributed by atoms with E-state index >= 15 is 0 Å². The number of benzene rings is 1. The first-order valence-corrected chi connectivity index (χ1v) is 11.5. The fourth-order valence-electron chi connectivity index (χ4n) is 3.71. The van der Waals surface area contributed by atoms with E-state index in [4.69, 9.17) is 4.42 Å². The molecule has 0 radical (unpaired) electrons. The van der Waals surface area contributed by atoms with E-state index in [1.807, 2.05) is 17.0 Å². The SMILES string of the molecule is CC1CCN(C(=O)CCN(Cc2ccco2)c2nc(Cc3ccc(F)cc3)ns2)CC1. The van der Waals surface area contributed by atoms with Crippen molar-refractivity contribution in [2.24, 2.45) is 5.92 Å². The zero-order valence-electron chi connectivity index (χ0n) is 17.7. The first-order valence-electron chi connectivity index (χ1n) is 10.7. The van der Waals surface area contributed by atoms with Crippen molar-refractivity contribution < 1.29 is 13.6 Å². The van der Waals surface area contributed by atoms with E-state index in [2.05, 4.69) is 21.2 Å². The lowest BCUT2D eigenvalue weighted by atomic mass is 9.99. The number of carbonyl (C=O) groups excluding carboxylic acids is 1. The summed E-state index contributed by atoms with van der Waals surface area (Å²) >= 11 is 1.31. The van der Waals surface area contributed by atoms with Gasteiger partial charge < -0.3 is 14.2 Å². The molecule has 31 heavy (non-hydrogen) atoms. The number of anilines is 1. The predicted molar refractivity (Wildman–Crippen MR) is 118 cm³/mol. The van der Waals surface area contributed by atoms with Crippen LogP contribution < -0.4 is 4.90 Å². The number of amides is 1. The van der Waals surface area contributed by atoms with Crippen LogP contribution in [-0.2, 0) is 17.8 Å². The fourth-order valence-corrected chi connectivity index (χ4v) is 4.42. The van der Waals surface area contributed by atoms with Crippen LogP contribution in [0.25, 0.3) is 0 Å². The summed E-state index contributed by atoms with van der Waals surface area (Å²) in [5.74, 6) is 2.13. The smallest absolute Gasteiger partial charge is 0.224 e. The predicted octanol–water partition coefficient (Wildman–Crippen LogP) is 4.52. The number of likely N-dealkylation sites (tertiary alicyclic amines) is 1. The Morgan fingerprint density at radius 3 is 2.74 bits per heavy atom. The monoisotopic (exact) mass is 442 g/mol. The van der Waals surface area contributed by atoms with Crippen molar-refractivity contribution in [3.05, 3.63) is 65.6 Å². The average Bonchev–Trinajstić information content (AvgIpc) is 3.45. The van der Waals surface area contributed by atoms with Crippen LogP contribution in [0.2, 0.25) is 0 Å². The summed E-state index contributed by atoms with van der Waals surface area (Å²) in [7, 11) is 0. The minimum Gasteiger partial charge on any atom is -0.467 e. The molecule has 3 heterocycles. The van der Waals surface area contributed by atoms with Crippen molar-refractivity contribution in [2.45, 2.75) is 39.2 Å². The van der Waals surface area contributed by atoms with E-state index in [0.717, 1.165) is 42.4 Å². The normalized spacial score (nSPS) is 14.7. The van der Waals surface area contributed by atoms with Gasteiger partial charge in [0.2, 0.25) is 11.0 Å². The highest BCUT2D eigenvalue weighted by atomic mass is 32.1. The highest BCUT2D eigenvalue weighted by Gasteiger charge is 2.22. The van der Waals surface area contributed by atoms with Gasteiger partial charge in [-0.25, -0.2) is 9.37 Å². The molecular weight excluding hydrogens is 415 g/mol. The summed E-state index contributed by atoms with van der Waals surface area (Å²) in [6.07, 6.45) is 4.77. The van der Waals surface area contributed by atoms with Gasteiger partial charge in [-0.05, 0) is 48.6 Å². The molecule has 0 bridgehead atoms. The van der Waals surface area contributed by atoms with Crippen molar-refractivity contribution >= 4 is 22.6 Å². The molecule has 164 valence electrons. The molecule has 1 aromatic carbocycles. The van der Waals surface area contributed by atoms with Crippen LogP contribution in [0.3, 0.4) is 0 Å². The second kappa shape index (κ2) is 10.0. The molecule has 1 fully saturated rings. The van der Waals surface area contributed by atoms with Crippen molar-refractivity contribution in [1.29, 1.82) is 0 Å². The highest BCUT2D eigenvalue weighted by Crippen LogP contribution is 2.23. The van der Waals surface area contributed by atoms with Crippen LogP contribution in [0, 0.1) is 11.7 Å². The molecule has 4 rings (SSSR count). The molecule has 1 saturated heterocycles. The lowest BCUT2D eigenvalue weighted by Crippen LogP contribution is -2.39. The summed E-state index contributed by atoms with van der Waals surface area (Å²) in [6.45, 7) is 5.02. The van der Waals surface area contributed by atoms with Crippen molar-refractivity contribution in [2.75, 3.05) is 24.5 Å². The van der Waals surface area contributed by atoms with Crippen molar-refractivity contribution in [3.8, 4) is 0 Å². The number of nitrogens with zero attached hydrogens (tertiary/aromatic N) is 4. The fraction of sp³-hybridized carbons (Fsp3) is 0.435. The average molecular weight is 443 g/mol. The molecule has 8 heteroatoms. The Balaban J connectivity index is 1.41. The lowest BCUT2D eigenvalue weighted by Gasteiger charge is -2.31. The van der Waals surface area contributed by atoms with Gasteiger partial charge in [0.05, 0.1) is 12.8 Å². The number of aromatic nitrogens is 2. The van der Waals surface area contributed by atoms with Crippen LogP contribution in [0.15, 0.2) is 47.1 Å². The molecule has 0 spiro atoms. The van der Waals surface area contributed by atoms with E-state index in [-0.39, 0.29) is 11.7 Å². The molecule has 0 aliphatic carbocycles. The molecule has 0 N–H and O–H groups in total. The van der Waals surface area contributed by atoms with E-state index in [9.17, 15) is 9.18 Å². The molecule has 1 aliphatic heterocycles. The maximum absolute atomic E-state index is 13.1. The van der Waals surface area contributed by atoms with Gasteiger partial charge in [-0.3, -0.25) is 4.79 Å². The summed E-state index contributed by atoms with van der Waals surface area (Å²) in [5, 5.41) is 0.758. The third kappa shape index (κ3) is 5.91. The first kappa shape index (κ1) is 21.5.